The van der Waals surface area contributed by atoms with Gasteiger partial charge in [-0.05, 0) is 37.0 Å². The fourth-order valence-electron chi connectivity index (χ4n) is 1.89. The summed E-state index contributed by atoms with van der Waals surface area (Å²) in [6.45, 7) is 0. The van der Waals surface area contributed by atoms with Crippen molar-refractivity contribution in [2.45, 2.75) is 18.9 Å². The number of methoxy groups -OCH3 is 1. The second-order valence-corrected chi connectivity index (χ2v) is 5.05. The molecule has 0 radical (unpaired) electrons. The lowest BCUT2D eigenvalue weighted by Gasteiger charge is -2.17. The van der Waals surface area contributed by atoms with E-state index in [1.165, 1.54) is 19.2 Å². The number of phenols is 1. The largest absolute Gasteiger partial charge is 0.507 e. The van der Waals surface area contributed by atoms with Crippen molar-refractivity contribution in [3.63, 3.8) is 0 Å². The highest BCUT2D eigenvalue weighted by Crippen LogP contribution is 2.33. The molecule has 1 atom stereocenters. The zero-order valence-corrected chi connectivity index (χ0v) is 11.4. The van der Waals surface area contributed by atoms with Gasteiger partial charge in [0.05, 0.1) is 23.7 Å². The highest BCUT2D eigenvalue weighted by atomic mass is 32.1. The first kappa shape index (κ1) is 13.6. The van der Waals surface area contributed by atoms with Gasteiger partial charge in [0.2, 0.25) is 0 Å². The Hall–Kier alpha value is -1.82. The van der Waals surface area contributed by atoms with Gasteiger partial charge >= 0.3 is 0 Å². The van der Waals surface area contributed by atoms with E-state index in [0.717, 1.165) is 12.8 Å². The van der Waals surface area contributed by atoms with E-state index in [9.17, 15) is 9.90 Å². The van der Waals surface area contributed by atoms with Crippen molar-refractivity contribution in [2.75, 3.05) is 7.11 Å². The predicted octanol–water partition coefficient (Wildman–Crippen LogP) is 1.20. The lowest BCUT2D eigenvalue weighted by atomic mass is 10.1. The molecule has 4 N–H and O–H groups in total. The summed E-state index contributed by atoms with van der Waals surface area (Å²) in [5, 5.41) is 12.5. The second kappa shape index (κ2) is 5.44. The van der Waals surface area contributed by atoms with Crippen LogP contribution in [-0.2, 0) is 0 Å². The molecule has 102 valence electrons. The van der Waals surface area contributed by atoms with Gasteiger partial charge in [-0.2, -0.15) is 0 Å². The number of rotatable bonds is 5. The lowest BCUT2D eigenvalue weighted by molar-refractivity contribution is 0.0940. The van der Waals surface area contributed by atoms with Gasteiger partial charge in [-0.3, -0.25) is 4.79 Å². The fraction of sp³-hybridized carbons (Fsp3) is 0.385. The molecule has 6 heteroatoms. The maximum atomic E-state index is 12.1. The molecule has 1 saturated carbocycles. The SMILES string of the molecule is COc1ccc(O)c(C(=O)NC(C(N)=S)C2CC2)c1. The normalized spacial score (nSPS) is 15.6. The molecule has 2 rings (SSSR count). The van der Waals surface area contributed by atoms with Crippen molar-refractivity contribution in [3.8, 4) is 11.5 Å². The maximum Gasteiger partial charge on any atom is 0.255 e. The molecule has 1 aliphatic rings. The summed E-state index contributed by atoms with van der Waals surface area (Å²) < 4.78 is 5.03. The van der Waals surface area contributed by atoms with Gasteiger partial charge in [-0.15, -0.1) is 0 Å². The number of amides is 1. The highest BCUT2D eigenvalue weighted by molar-refractivity contribution is 7.80. The maximum absolute atomic E-state index is 12.1. The minimum absolute atomic E-state index is 0.101. The number of hydrogen-bond donors (Lipinski definition) is 3. The molecule has 19 heavy (non-hydrogen) atoms. The van der Waals surface area contributed by atoms with E-state index >= 15 is 0 Å². The first-order valence-corrected chi connectivity index (χ1v) is 6.41. The number of hydrogen-bond acceptors (Lipinski definition) is 4. The summed E-state index contributed by atoms with van der Waals surface area (Å²) in [6.07, 6.45) is 2.01. The molecule has 0 spiro atoms. The Balaban J connectivity index is 2.16. The van der Waals surface area contributed by atoms with E-state index in [-0.39, 0.29) is 22.3 Å². The number of ether oxygens (including phenoxy) is 1. The quantitative estimate of drug-likeness (QED) is 0.706. The van der Waals surface area contributed by atoms with Gasteiger partial charge in [0, 0.05) is 0 Å². The molecule has 0 aliphatic heterocycles. The average molecular weight is 280 g/mol. The minimum Gasteiger partial charge on any atom is -0.507 e. The van der Waals surface area contributed by atoms with Crippen molar-refractivity contribution in [1.29, 1.82) is 0 Å². The highest BCUT2D eigenvalue weighted by Gasteiger charge is 2.34. The van der Waals surface area contributed by atoms with Gasteiger partial charge in [0.1, 0.15) is 11.5 Å². The topological polar surface area (TPSA) is 84.6 Å². The molecular weight excluding hydrogens is 264 g/mol. The van der Waals surface area contributed by atoms with E-state index in [4.69, 9.17) is 22.7 Å². The van der Waals surface area contributed by atoms with Gasteiger partial charge in [0.15, 0.2) is 0 Å². The predicted molar refractivity (Wildman–Crippen MR) is 75.4 cm³/mol. The van der Waals surface area contributed by atoms with E-state index in [2.05, 4.69) is 5.32 Å². The molecule has 0 saturated heterocycles. The van der Waals surface area contributed by atoms with Crippen molar-refractivity contribution in [1.82, 2.24) is 5.32 Å². The van der Waals surface area contributed by atoms with E-state index in [0.29, 0.717) is 11.7 Å². The van der Waals surface area contributed by atoms with Crippen LogP contribution in [0.25, 0.3) is 0 Å². The molecule has 1 fully saturated rings. The Bertz CT molecular complexity index is 515. The molecule has 0 aromatic heterocycles. The van der Waals surface area contributed by atoms with Crippen LogP contribution in [0.15, 0.2) is 18.2 Å². The number of nitrogens with one attached hydrogen (secondary N) is 1. The number of nitrogens with two attached hydrogens (primary N) is 1. The lowest BCUT2D eigenvalue weighted by Crippen LogP contribution is -2.45. The third kappa shape index (κ3) is 3.14. The molecular formula is C13H16N2O3S. The van der Waals surface area contributed by atoms with Crippen LogP contribution in [0.2, 0.25) is 0 Å². The number of aromatic hydroxyl groups is 1. The summed E-state index contributed by atoms with van der Waals surface area (Å²) in [6, 6.07) is 4.17. The summed E-state index contributed by atoms with van der Waals surface area (Å²) in [5.41, 5.74) is 5.78. The number of thiocarbonyl (C=S) groups is 1. The van der Waals surface area contributed by atoms with Crippen LogP contribution in [0.3, 0.4) is 0 Å². The monoisotopic (exact) mass is 280 g/mol. The van der Waals surface area contributed by atoms with Crippen LogP contribution in [-0.4, -0.2) is 29.2 Å². The van der Waals surface area contributed by atoms with Crippen molar-refractivity contribution < 1.29 is 14.6 Å². The van der Waals surface area contributed by atoms with Crippen LogP contribution in [0, 0.1) is 5.92 Å². The third-order valence-corrected chi connectivity index (χ3v) is 3.39. The molecule has 5 nitrogen and oxygen atoms in total. The standard InChI is InChI=1S/C13H16N2O3S/c1-18-8-4-5-10(16)9(6-8)13(17)15-11(12(14)19)7-2-3-7/h4-7,11,16H,2-3H2,1H3,(H2,14,19)(H,15,17). The molecule has 0 heterocycles. The van der Waals surface area contributed by atoms with Crippen LogP contribution in [0.1, 0.15) is 23.2 Å². The Morgan fingerprint density at radius 2 is 2.26 bits per heavy atom. The van der Waals surface area contributed by atoms with Crippen LogP contribution < -0.4 is 15.8 Å². The second-order valence-electron chi connectivity index (χ2n) is 4.57. The van der Waals surface area contributed by atoms with E-state index in [1.807, 2.05) is 0 Å². The van der Waals surface area contributed by atoms with Gasteiger partial charge in [-0.25, -0.2) is 0 Å². The number of phenolic OH excluding ortho intramolecular Hbond substituents is 1. The van der Waals surface area contributed by atoms with Crippen molar-refractivity contribution in [2.24, 2.45) is 11.7 Å². The van der Waals surface area contributed by atoms with Crippen LogP contribution in [0.4, 0.5) is 0 Å². The summed E-state index contributed by atoms with van der Waals surface area (Å²) in [4.78, 5) is 12.4. The summed E-state index contributed by atoms with van der Waals surface area (Å²) >= 11 is 4.96. The van der Waals surface area contributed by atoms with E-state index < -0.39 is 5.91 Å². The first-order chi connectivity index (χ1) is 9.02. The summed E-state index contributed by atoms with van der Waals surface area (Å²) in [7, 11) is 1.50. The van der Waals surface area contributed by atoms with Crippen LogP contribution >= 0.6 is 12.2 Å². The Kier molecular flexibility index (Phi) is 3.90. The molecule has 1 aliphatic carbocycles. The summed E-state index contributed by atoms with van der Waals surface area (Å²) in [5.74, 6) is 0.312. The van der Waals surface area contributed by atoms with Gasteiger partial charge in [-0.1, -0.05) is 12.2 Å². The zero-order valence-electron chi connectivity index (χ0n) is 10.6. The van der Waals surface area contributed by atoms with Gasteiger partial charge < -0.3 is 20.9 Å². The molecule has 1 unspecified atom stereocenters. The number of carbonyl (C=O) groups is 1. The Morgan fingerprint density at radius 3 is 2.79 bits per heavy atom. The number of carbonyl (C=O) groups excluding carboxylic acids is 1. The molecule has 1 aromatic rings. The van der Waals surface area contributed by atoms with Crippen molar-refractivity contribution in [3.05, 3.63) is 23.8 Å². The average Bonchev–Trinajstić information content (AvgIpc) is 3.20. The Labute approximate surface area is 116 Å². The molecule has 1 aromatic carbocycles. The zero-order chi connectivity index (χ0) is 14.0. The minimum atomic E-state index is -0.402. The smallest absolute Gasteiger partial charge is 0.255 e. The third-order valence-electron chi connectivity index (χ3n) is 3.13. The number of benzene rings is 1. The fourth-order valence-corrected chi connectivity index (χ4v) is 2.15. The van der Waals surface area contributed by atoms with Crippen LogP contribution in [0.5, 0.6) is 11.5 Å². The van der Waals surface area contributed by atoms with Crippen molar-refractivity contribution >= 4 is 23.1 Å². The molecule has 0 bridgehead atoms. The molecule has 1 amide bonds. The Morgan fingerprint density at radius 1 is 1.58 bits per heavy atom. The van der Waals surface area contributed by atoms with Gasteiger partial charge in [0.25, 0.3) is 5.91 Å². The van der Waals surface area contributed by atoms with E-state index in [1.54, 1.807) is 6.07 Å². The first-order valence-electron chi connectivity index (χ1n) is 6.00.